The van der Waals surface area contributed by atoms with E-state index in [2.05, 4.69) is 20.7 Å². The molecule has 1 fully saturated rings. The summed E-state index contributed by atoms with van der Waals surface area (Å²) in [5.41, 5.74) is 1.91. The summed E-state index contributed by atoms with van der Waals surface area (Å²) in [5.74, 6) is 1.35. The molecule has 0 aromatic carbocycles. The van der Waals surface area contributed by atoms with Crippen LogP contribution in [0, 0.1) is 5.92 Å². The van der Waals surface area contributed by atoms with Crippen LogP contribution in [-0.2, 0) is 13.1 Å². The van der Waals surface area contributed by atoms with Gasteiger partial charge in [0.25, 0.3) is 0 Å². The highest BCUT2D eigenvalue weighted by molar-refractivity contribution is 5.74. The van der Waals surface area contributed by atoms with Crippen molar-refractivity contribution in [2.75, 3.05) is 6.61 Å². The number of amides is 2. The third kappa shape index (κ3) is 5.20. The molecule has 2 heterocycles. The Balaban J connectivity index is 1.41. The topological polar surface area (TPSA) is 81.1 Å². The summed E-state index contributed by atoms with van der Waals surface area (Å²) in [5, 5.41) is 9.97. The van der Waals surface area contributed by atoms with E-state index in [1.807, 2.05) is 36.9 Å². The molecule has 1 saturated carbocycles. The minimum absolute atomic E-state index is 0.100. The normalized spacial score (nSPS) is 14.8. The maximum atomic E-state index is 12.0. The lowest BCUT2D eigenvalue weighted by Crippen LogP contribution is -2.36. The van der Waals surface area contributed by atoms with Crippen LogP contribution in [0.5, 0.6) is 5.88 Å². The fourth-order valence-electron chi connectivity index (χ4n) is 2.38. The van der Waals surface area contributed by atoms with Gasteiger partial charge in [-0.25, -0.2) is 9.78 Å². The minimum atomic E-state index is -0.217. The van der Waals surface area contributed by atoms with Crippen LogP contribution in [0.2, 0.25) is 0 Å². The number of pyridine rings is 1. The third-order valence-corrected chi connectivity index (χ3v) is 4.24. The fourth-order valence-corrected chi connectivity index (χ4v) is 2.38. The fraction of sp³-hybridized carbons (Fsp3) is 0.500. The first kappa shape index (κ1) is 17.3. The van der Waals surface area contributed by atoms with Gasteiger partial charge in [0, 0.05) is 37.1 Å². The Morgan fingerprint density at radius 2 is 2.24 bits per heavy atom. The number of aromatic nitrogens is 3. The molecule has 0 saturated heterocycles. The average molecular weight is 343 g/mol. The number of nitrogens with one attached hydrogen (secondary N) is 2. The van der Waals surface area contributed by atoms with E-state index in [4.69, 9.17) is 4.74 Å². The lowest BCUT2D eigenvalue weighted by atomic mass is 10.2. The molecule has 1 unspecified atom stereocenters. The molecule has 1 atom stereocenters. The Kier molecular flexibility index (Phi) is 5.53. The predicted octanol–water partition coefficient (Wildman–Crippen LogP) is 2.65. The summed E-state index contributed by atoms with van der Waals surface area (Å²) >= 11 is 0. The second-order valence-corrected chi connectivity index (χ2v) is 6.44. The van der Waals surface area contributed by atoms with Crippen molar-refractivity contribution >= 4 is 6.03 Å². The zero-order valence-electron chi connectivity index (χ0n) is 14.7. The van der Waals surface area contributed by atoms with E-state index in [9.17, 15) is 4.79 Å². The highest BCUT2D eigenvalue weighted by atomic mass is 16.5. The van der Waals surface area contributed by atoms with E-state index >= 15 is 0 Å². The molecule has 2 aromatic heterocycles. The molecule has 0 radical (unpaired) electrons. The summed E-state index contributed by atoms with van der Waals surface area (Å²) in [7, 11) is 0. The molecule has 2 amide bonds. The molecule has 7 nitrogen and oxygen atoms in total. The predicted molar refractivity (Wildman–Crippen MR) is 94.1 cm³/mol. The molecule has 0 bridgehead atoms. The molecule has 25 heavy (non-hydrogen) atoms. The first-order valence-corrected chi connectivity index (χ1v) is 8.78. The molecule has 1 aliphatic carbocycles. The van der Waals surface area contributed by atoms with Crippen LogP contribution in [0.3, 0.4) is 0 Å². The maximum Gasteiger partial charge on any atom is 0.315 e. The lowest BCUT2D eigenvalue weighted by Gasteiger charge is -2.13. The summed E-state index contributed by atoms with van der Waals surface area (Å²) in [6.45, 7) is 5.94. The number of nitrogens with zero attached hydrogens (tertiary/aromatic N) is 3. The zero-order valence-corrected chi connectivity index (χ0v) is 14.7. The largest absolute Gasteiger partial charge is 0.477 e. The number of urea groups is 1. The smallest absolute Gasteiger partial charge is 0.315 e. The van der Waals surface area contributed by atoms with Gasteiger partial charge < -0.3 is 15.4 Å². The summed E-state index contributed by atoms with van der Waals surface area (Å²) < 4.78 is 7.44. The van der Waals surface area contributed by atoms with Crippen molar-refractivity contribution in [2.24, 2.45) is 5.92 Å². The van der Waals surface area contributed by atoms with Crippen LogP contribution in [0.15, 0.2) is 30.7 Å². The van der Waals surface area contributed by atoms with E-state index in [-0.39, 0.29) is 12.1 Å². The third-order valence-electron chi connectivity index (χ3n) is 4.24. The number of hydrogen-bond acceptors (Lipinski definition) is 4. The Hall–Kier alpha value is -2.57. The van der Waals surface area contributed by atoms with E-state index in [0.717, 1.165) is 24.3 Å². The first-order valence-electron chi connectivity index (χ1n) is 8.78. The van der Waals surface area contributed by atoms with E-state index in [0.29, 0.717) is 18.3 Å². The highest BCUT2D eigenvalue weighted by Gasteiger charge is 2.22. The van der Waals surface area contributed by atoms with Crippen molar-refractivity contribution in [3.8, 4) is 5.88 Å². The Bertz CT molecular complexity index is 694. The van der Waals surface area contributed by atoms with Crippen molar-refractivity contribution in [1.29, 1.82) is 0 Å². The number of ether oxygens (including phenoxy) is 1. The maximum absolute atomic E-state index is 12.0. The molecular formula is C18H25N5O2. The van der Waals surface area contributed by atoms with Gasteiger partial charge in [0.2, 0.25) is 5.88 Å². The van der Waals surface area contributed by atoms with Crippen molar-refractivity contribution in [3.63, 3.8) is 0 Å². The van der Waals surface area contributed by atoms with Crippen molar-refractivity contribution < 1.29 is 9.53 Å². The number of aryl methyl sites for hydroxylation is 1. The van der Waals surface area contributed by atoms with Crippen LogP contribution in [0.25, 0.3) is 0 Å². The molecule has 1 aliphatic rings. The SMILES string of the molecule is CCn1cc(C(C)NC(=O)NCc2ccc(OCC3CC3)nc2)cn1. The second-order valence-electron chi connectivity index (χ2n) is 6.44. The molecule has 3 rings (SSSR count). The first-order chi connectivity index (χ1) is 12.1. The summed E-state index contributed by atoms with van der Waals surface area (Å²) in [6, 6.07) is 3.45. The number of rotatable bonds is 8. The van der Waals surface area contributed by atoms with Crippen LogP contribution in [-0.4, -0.2) is 27.4 Å². The molecular weight excluding hydrogens is 318 g/mol. The van der Waals surface area contributed by atoms with Gasteiger partial charge in [0.15, 0.2) is 0 Å². The Morgan fingerprint density at radius 1 is 1.40 bits per heavy atom. The van der Waals surface area contributed by atoms with Crippen molar-refractivity contribution in [2.45, 2.75) is 45.8 Å². The van der Waals surface area contributed by atoms with Crippen molar-refractivity contribution in [3.05, 3.63) is 41.9 Å². The number of hydrogen-bond donors (Lipinski definition) is 2. The highest BCUT2D eigenvalue weighted by Crippen LogP contribution is 2.29. The molecule has 2 N–H and O–H groups in total. The summed E-state index contributed by atoms with van der Waals surface area (Å²) in [6.07, 6.45) is 7.97. The number of carbonyl (C=O) groups excluding carboxylic acids is 1. The monoisotopic (exact) mass is 343 g/mol. The van der Waals surface area contributed by atoms with Gasteiger partial charge in [-0.2, -0.15) is 5.10 Å². The quantitative estimate of drug-likeness (QED) is 0.772. The van der Waals surface area contributed by atoms with Crippen LogP contribution in [0.4, 0.5) is 4.79 Å². The minimum Gasteiger partial charge on any atom is -0.477 e. The lowest BCUT2D eigenvalue weighted by molar-refractivity contribution is 0.237. The number of carbonyl (C=O) groups is 1. The van der Waals surface area contributed by atoms with Crippen LogP contribution >= 0.6 is 0 Å². The van der Waals surface area contributed by atoms with Crippen LogP contribution < -0.4 is 15.4 Å². The zero-order chi connectivity index (χ0) is 17.6. The van der Waals surface area contributed by atoms with E-state index < -0.39 is 0 Å². The summed E-state index contributed by atoms with van der Waals surface area (Å²) in [4.78, 5) is 16.3. The van der Waals surface area contributed by atoms with Crippen LogP contribution in [0.1, 0.15) is 43.9 Å². The van der Waals surface area contributed by atoms with Gasteiger partial charge in [0.1, 0.15) is 0 Å². The van der Waals surface area contributed by atoms with Gasteiger partial charge in [-0.05, 0) is 38.2 Å². The van der Waals surface area contributed by atoms with Gasteiger partial charge >= 0.3 is 6.03 Å². The van der Waals surface area contributed by atoms with Gasteiger partial charge in [-0.1, -0.05) is 6.07 Å². The standard InChI is InChI=1S/C18H25N5O2/c1-3-23-11-16(10-21-23)13(2)22-18(24)20-9-15-6-7-17(19-8-15)25-12-14-4-5-14/h6-8,10-11,13-14H,3-5,9,12H2,1-2H3,(H2,20,22,24). The van der Waals surface area contributed by atoms with Gasteiger partial charge in [0.05, 0.1) is 18.8 Å². The van der Waals surface area contributed by atoms with Gasteiger partial charge in [-0.15, -0.1) is 0 Å². The second kappa shape index (κ2) is 8.00. The van der Waals surface area contributed by atoms with Crippen molar-refractivity contribution in [1.82, 2.24) is 25.4 Å². The van der Waals surface area contributed by atoms with E-state index in [1.165, 1.54) is 12.8 Å². The molecule has 0 spiro atoms. The average Bonchev–Trinajstić information content (AvgIpc) is 3.33. The van der Waals surface area contributed by atoms with E-state index in [1.54, 1.807) is 12.4 Å². The van der Waals surface area contributed by atoms with Gasteiger partial charge in [-0.3, -0.25) is 4.68 Å². The molecule has 0 aliphatic heterocycles. The Labute approximate surface area is 147 Å². The molecule has 7 heteroatoms. The molecule has 134 valence electrons. The molecule has 2 aromatic rings. The Morgan fingerprint density at radius 3 is 2.88 bits per heavy atom.